The van der Waals surface area contributed by atoms with E-state index in [1.807, 2.05) is 6.08 Å². The summed E-state index contributed by atoms with van der Waals surface area (Å²) in [7, 11) is 0. The highest BCUT2D eigenvalue weighted by Crippen LogP contribution is 2.22. The van der Waals surface area contributed by atoms with Crippen molar-refractivity contribution in [3.8, 4) is 0 Å². The predicted octanol–water partition coefficient (Wildman–Crippen LogP) is 8.17. The first-order valence-corrected chi connectivity index (χ1v) is 21.4. The second-order valence-corrected chi connectivity index (χ2v) is 15.1. The van der Waals surface area contributed by atoms with Gasteiger partial charge in [-0.25, -0.2) is 0 Å². The van der Waals surface area contributed by atoms with Crippen LogP contribution in [0.25, 0.3) is 0 Å². The zero-order chi connectivity index (χ0) is 37.4. The van der Waals surface area contributed by atoms with Crippen LogP contribution in [0, 0.1) is 0 Å². The van der Waals surface area contributed by atoms with Gasteiger partial charge in [-0.3, -0.25) is 4.79 Å². The fourth-order valence-corrected chi connectivity index (χ4v) is 6.86. The van der Waals surface area contributed by atoms with Gasteiger partial charge in [0.2, 0.25) is 5.91 Å². The average molecular weight is 728 g/mol. The van der Waals surface area contributed by atoms with Crippen LogP contribution in [0.15, 0.2) is 12.2 Å². The minimum absolute atomic E-state index is 0.180. The Morgan fingerprint density at radius 2 is 1.08 bits per heavy atom. The third-order valence-corrected chi connectivity index (χ3v) is 10.4. The molecule has 1 aliphatic heterocycles. The molecule has 9 nitrogen and oxygen atoms in total. The van der Waals surface area contributed by atoms with Gasteiger partial charge in [-0.1, -0.05) is 180 Å². The third kappa shape index (κ3) is 24.8. The van der Waals surface area contributed by atoms with E-state index in [0.29, 0.717) is 6.42 Å². The number of nitrogens with one attached hydrogen (secondary N) is 1. The van der Waals surface area contributed by atoms with E-state index in [-0.39, 0.29) is 12.5 Å². The van der Waals surface area contributed by atoms with Gasteiger partial charge in [-0.15, -0.1) is 0 Å². The molecule has 1 amide bonds. The van der Waals surface area contributed by atoms with Gasteiger partial charge in [0.25, 0.3) is 0 Å². The van der Waals surface area contributed by atoms with Gasteiger partial charge >= 0.3 is 0 Å². The lowest BCUT2D eigenvalue weighted by atomic mass is 9.99. The van der Waals surface area contributed by atoms with E-state index in [0.717, 1.165) is 38.5 Å². The molecule has 0 aromatic heterocycles. The van der Waals surface area contributed by atoms with Gasteiger partial charge < -0.3 is 40.3 Å². The van der Waals surface area contributed by atoms with Crippen molar-refractivity contribution < 1.29 is 39.8 Å². The van der Waals surface area contributed by atoms with E-state index < -0.39 is 49.5 Å². The molecule has 0 aliphatic carbocycles. The largest absolute Gasteiger partial charge is 0.394 e. The van der Waals surface area contributed by atoms with Crippen LogP contribution in [-0.4, -0.2) is 87.5 Å². The van der Waals surface area contributed by atoms with Gasteiger partial charge in [0.05, 0.1) is 25.4 Å². The minimum atomic E-state index is -1.56. The van der Waals surface area contributed by atoms with Gasteiger partial charge in [-0.05, 0) is 19.3 Å². The Morgan fingerprint density at radius 1 is 0.647 bits per heavy atom. The Balaban J connectivity index is 2.35. The molecule has 0 spiro atoms. The molecular formula is C42H81NO8. The number of carbonyl (C=O) groups excluding carboxylic acids is 1. The van der Waals surface area contributed by atoms with Crippen molar-refractivity contribution in [2.75, 3.05) is 13.2 Å². The van der Waals surface area contributed by atoms with E-state index >= 15 is 0 Å². The summed E-state index contributed by atoms with van der Waals surface area (Å²) in [6.07, 6.45) is 29.8. The van der Waals surface area contributed by atoms with Crippen LogP contribution in [0.4, 0.5) is 0 Å². The standard InChI is InChI=1S/C42H81NO8/c1-3-5-7-9-11-13-14-15-16-17-18-19-20-21-22-24-25-27-29-31-36(45)35(34-50-42-41(49)40(48)39(47)37(33-44)51-42)43-38(46)32-30-28-26-23-12-10-8-6-4-2/h29,31,35-37,39-42,44-45,47-49H,3-28,30,32-34H2,1-2H3,(H,43,46)/b31-29+. The highest BCUT2D eigenvalue weighted by atomic mass is 16.7. The van der Waals surface area contributed by atoms with E-state index in [9.17, 15) is 30.3 Å². The van der Waals surface area contributed by atoms with Gasteiger partial charge in [-0.2, -0.15) is 0 Å². The molecule has 0 radical (unpaired) electrons. The van der Waals surface area contributed by atoms with Crippen LogP contribution in [0.3, 0.4) is 0 Å². The van der Waals surface area contributed by atoms with Crippen molar-refractivity contribution in [1.29, 1.82) is 0 Å². The number of rotatable bonds is 35. The maximum Gasteiger partial charge on any atom is 0.220 e. The highest BCUT2D eigenvalue weighted by Gasteiger charge is 2.44. The molecule has 0 bridgehead atoms. The molecule has 0 aromatic carbocycles. The molecule has 6 N–H and O–H groups in total. The normalized spacial score (nSPS) is 22.1. The highest BCUT2D eigenvalue weighted by molar-refractivity contribution is 5.76. The number of carbonyl (C=O) groups is 1. The summed E-state index contributed by atoms with van der Waals surface area (Å²) in [6.45, 7) is 3.75. The molecule has 1 fully saturated rings. The maximum atomic E-state index is 12.8. The maximum absolute atomic E-state index is 12.8. The lowest BCUT2D eigenvalue weighted by Gasteiger charge is -2.40. The lowest BCUT2D eigenvalue weighted by Crippen LogP contribution is -2.60. The predicted molar refractivity (Wildman–Crippen MR) is 207 cm³/mol. The van der Waals surface area contributed by atoms with E-state index in [2.05, 4.69) is 19.2 Å². The molecule has 1 heterocycles. The van der Waals surface area contributed by atoms with Crippen LogP contribution in [0.5, 0.6) is 0 Å². The van der Waals surface area contributed by atoms with Crippen molar-refractivity contribution in [2.45, 2.75) is 236 Å². The number of ether oxygens (including phenoxy) is 2. The van der Waals surface area contributed by atoms with Gasteiger partial charge in [0, 0.05) is 6.42 Å². The topological polar surface area (TPSA) is 149 Å². The van der Waals surface area contributed by atoms with Crippen LogP contribution in [0.1, 0.15) is 194 Å². The van der Waals surface area contributed by atoms with E-state index in [1.54, 1.807) is 6.08 Å². The van der Waals surface area contributed by atoms with Gasteiger partial charge in [0.1, 0.15) is 24.4 Å². The summed E-state index contributed by atoms with van der Waals surface area (Å²) < 4.78 is 11.2. The molecule has 7 atom stereocenters. The molecule has 1 aliphatic rings. The van der Waals surface area contributed by atoms with Crippen molar-refractivity contribution in [1.82, 2.24) is 5.32 Å². The summed E-state index contributed by atoms with van der Waals surface area (Å²) >= 11 is 0. The van der Waals surface area contributed by atoms with Crippen molar-refractivity contribution in [2.24, 2.45) is 0 Å². The van der Waals surface area contributed by atoms with Crippen LogP contribution in [0.2, 0.25) is 0 Å². The van der Waals surface area contributed by atoms with Crippen molar-refractivity contribution in [3.63, 3.8) is 0 Å². The molecule has 9 heteroatoms. The number of aliphatic hydroxyl groups is 5. The molecule has 0 saturated carbocycles. The van der Waals surface area contributed by atoms with Crippen LogP contribution in [-0.2, 0) is 14.3 Å². The third-order valence-electron chi connectivity index (χ3n) is 10.4. The molecule has 0 aromatic rings. The van der Waals surface area contributed by atoms with Crippen molar-refractivity contribution >= 4 is 5.91 Å². The Bertz CT molecular complexity index is 812. The van der Waals surface area contributed by atoms with Gasteiger partial charge in [0.15, 0.2) is 6.29 Å². The number of allylic oxidation sites excluding steroid dienone is 1. The number of unbranched alkanes of at least 4 members (excludes halogenated alkanes) is 25. The summed E-state index contributed by atoms with van der Waals surface area (Å²) in [6, 6.07) is -0.796. The number of amides is 1. The molecule has 51 heavy (non-hydrogen) atoms. The fraction of sp³-hybridized carbons (Fsp3) is 0.929. The molecule has 7 unspecified atom stereocenters. The summed E-state index contributed by atoms with van der Waals surface area (Å²) in [4.78, 5) is 12.8. The van der Waals surface area contributed by atoms with E-state index in [1.165, 1.54) is 135 Å². The number of aliphatic hydroxyl groups excluding tert-OH is 5. The first kappa shape index (κ1) is 48.0. The zero-order valence-electron chi connectivity index (χ0n) is 32.9. The molecule has 1 rings (SSSR count). The van der Waals surface area contributed by atoms with Crippen molar-refractivity contribution in [3.05, 3.63) is 12.2 Å². The van der Waals surface area contributed by atoms with E-state index in [4.69, 9.17) is 9.47 Å². The summed E-state index contributed by atoms with van der Waals surface area (Å²) in [5.74, 6) is -0.180. The second-order valence-electron chi connectivity index (χ2n) is 15.1. The first-order valence-electron chi connectivity index (χ1n) is 21.4. The van der Waals surface area contributed by atoms with Crippen LogP contribution < -0.4 is 5.32 Å². The fourth-order valence-electron chi connectivity index (χ4n) is 6.86. The lowest BCUT2D eigenvalue weighted by molar-refractivity contribution is -0.302. The average Bonchev–Trinajstić information content (AvgIpc) is 3.13. The SMILES string of the molecule is CCCCCCCCCCCCCCCCCCC/C=C/C(O)C(COC1OC(CO)C(O)C(O)C1O)NC(=O)CCCCCCCCCCC. The first-order chi connectivity index (χ1) is 24.8. The number of hydrogen-bond donors (Lipinski definition) is 6. The summed E-state index contributed by atoms with van der Waals surface area (Å²) in [5, 5.41) is 54.0. The molecular weight excluding hydrogens is 646 g/mol. The minimum Gasteiger partial charge on any atom is -0.394 e. The number of hydrogen-bond acceptors (Lipinski definition) is 8. The Labute approximate surface area is 312 Å². The smallest absolute Gasteiger partial charge is 0.220 e. The summed E-state index contributed by atoms with van der Waals surface area (Å²) in [5.41, 5.74) is 0. The Morgan fingerprint density at radius 3 is 1.53 bits per heavy atom. The molecule has 1 saturated heterocycles. The zero-order valence-corrected chi connectivity index (χ0v) is 32.9. The Kier molecular flexibility index (Phi) is 31.5. The Hall–Kier alpha value is -1.07. The second kappa shape index (κ2) is 33.5. The monoisotopic (exact) mass is 728 g/mol. The molecule has 302 valence electrons. The quantitative estimate of drug-likeness (QED) is 0.0283. The van der Waals surface area contributed by atoms with Crippen LogP contribution >= 0.6 is 0 Å².